The first-order chi connectivity index (χ1) is 10.1. The van der Waals surface area contributed by atoms with Crippen molar-refractivity contribution >= 4 is 5.69 Å². The molecular formula is C16H23N3O2. The molecule has 1 aliphatic heterocycles. The van der Waals surface area contributed by atoms with Crippen LogP contribution in [0.3, 0.4) is 0 Å². The second-order valence-corrected chi connectivity index (χ2v) is 6.36. The smallest absolute Gasteiger partial charge is 0.269 e. The predicted octanol–water partition coefficient (Wildman–Crippen LogP) is 2.73. The summed E-state index contributed by atoms with van der Waals surface area (Å²) in [6.07, 6.45) is 4.03. The Morgan fingerprint density at radius 2 is 2.24 bits per heavy atom. The number of nitrogens with zero attached hydrogens (tertiary/aromatic N) is 2. The summed E-state index contributed by atoms with van der Waals surface area (Å²) in [5, 5.41) is 14.4. The lowest BCUT2D eigenvalue weighted by atomic mass is 10.1. The van der Waals surface area contributed by atoms with Crippen molar-refractivity contribution in [1.29, 1.82) is 0 Å². The summed E-state index contributed by atoms with van der Waals surface area (Å²) in [6.45, 7) is 5.52. The number of nitro groups is 1. The number of nitro benzene ring substituents is 1. The van der Waals surface area contributed by atoms with E-state index < -0.39 is 0 Å². The Hall–Kier alpha value is -1.46. The Morgan fingerprint density at radius 1 is 1.43 bits per heavy atom. The highest BCUT2D eigenvalue weighted by molar-refractivity contribution is 5.35. The number of rotatable bonds is 6. The fraction of sp³-hybridized carbons (Fsp3) is 0.625. The van der Waals surface area contributed by atoms with Gasteiger partial charge in [-0.05, 0) is 50.8 Å². The summed E-state index contributed by atoms with van der Waals surface area (Å²) in [5.41, 5.74) is 1.16. The van der Waals surface area contributed by atoms with Crippen LogP contribution in [0.4, 0.5) is 5.69 Å². The van der Waals surface area contributed by atoms with Crippen LogP contribution in [0.25, 0.3) is 0 Å². The summed E-state index contributed by atoms with van der Waals surface area (Å²) < 4.78 is 0. The number of likely N-dealkylation sites (tertiary alicyclic amines) is 1. The van der Waals surface area contributed by atoms with Gasteiger partial charge in [-0.15, -0.1) is 0 Å². The van der Waals surface area contributed by atoms with Gasteiger partial charge in [-0.1, -0.05) is 12.1 Å². The Morgan fingerprint density at radius 3 is 2.95 bits per heavy atom. The summed E-state index contributed by atoms with van der Waals surface area (Å²) in [4.78, 5) is 13.1. The van der Waals surface area contributed by atoms with Gasteiger partial charge in [0, 0.05) is 30.8 Å². The normalized spacial score (nSPS) is 24.1. The zero-order valence-electron chi connectivity index (χ0n) is 12.5. The van der Waals surface area contributed by atoms with Gasteiger partial charge in [0.2, 0.25) is 0 Å². The van der Waals surface area contributed by atoms with Crippen molar-refractivity contribution in [3.63, 3.8) is 0 Å². The fourth-order valence-corrected chi connectivity index (χ4v) is 3.17. The van der Waals surface area contributed by atoms with Crippen LogP contribution < -0.4 is 5.32 Å². The highest BCUT2D eigenvalue weighted by atomic mass is 16.6. The molecule has 114 valence electrons. The van der Waals surface area contributed by atoms with Crippen molar-refractivity contribution < 1.29 is 4.92 Å². The fourth-order valence-electron chi connectivity index (χ4n) is 3.17. The third kappa shape index (κ3) is 3.60. The lowest BCUT2D eigenvalue weighted by molar-refractivity contribution is -0.384. The van der Waals surface area contributed by atoms with Crippen molar-refractivity contribution in [2.75, 3.05) is 19.6 Å². The van der Waals surface area contributed by atoms with Gasteiger partial charge >= 0.3 is 0 Å². The van der Waals surface area contributed by atoms with Crippen LogP contribution in [0.1, 0.15) is 37.8 Å². The molecule has 2 unspecified atom stereocenters. The lowest BCUT2D eigenvalue weighted by Gasteiger charge is -2.18. The monoisotopic (exact) mass is 289 g/mol. The highest BCUT2D eigenvalue weighted by Crippen LogP contribution is 2.31. The van der Waals surface area contributed by atoms with E-state index in [4.69, 9.17) is 0 Å². The zero-order valence-corrected chi connectivity index (χ0v) is 12.5. The van der Waals surface area contributed by atoms with Gasteiger partial charge in [0.1, 0.15) is 0 Å². The van der Waals surface area contributed by atoms with Gasteiger partial charge in [0.15, 0.2) is 0 Å². The molecule has 2 aliphatic rings. The van der Waals surface area contributed by atoms with Gasteiger partial charge < -0.3 is 10.2 Å². The van der Waals surface area contributed by atoms with Crippen LogP contribution in [0.15, 0.2) is 24.3 Å². The van der Waals surface area contributed by atoms with Crippen LogP contribution in [0.5, 0.6) is 0 Å². The minimum atomic E-state index is -0.333. The first kappa shape index (κ1) is 14.5. The molecule has 2 fully saturated rings. The van der Waals surface area contributed by atoms with Crippen LogP contribution >= 0.6 is 0 Å². The van der Waals surface area contributed by atoms with E-state index in [1.165, 1.54) is 32.4 Å². The number of benzene rings is 1. The molecule has 5 nitrogen and oxygen atoms in total. The maximum atomic E-state index is 10.8. The second-order valence-electron chi connectivity index (χ2n) is 6.36. The summed E-state index contributed by atoms with van der Waals surface area (Å²) >= 11 is 0. The van der Waals surface area contributed by atoms with E-state index in [0.717, 1.165) is 18.2 Å². The van der Waals surface area contributed by atoms with Gasteiger partial charge in [-0.3, -0.25) is 10.1 Å². The third-order valence-corrected chi connectivity index (χ3v) is 4.67. The Labute approximate surface area is 125 Å². The maximum absolute atomic E-state index is 10.8. The first-order valence-corrected chi connectivity index (χ1v) is 7.85. The molecule has 1 aromatic rings. The van der Waals surface area contributed by atoms with Gasteiger partial charge in [0.25, 0.3) is 5.69 Å². The molecule has 1 aliphatic carbocycles. The molecule has 3 rings (SSSR count). The minimum Gasteiger partial charge on any atom is -0.310 e. The summed E-state index contributed by atoms with van der Waals surface area (Å²) in [7, 11) is 0. The molecule has 0 bridgehead atoms. The van der Waals surface area contributed by atoms with Crippen molar-refractivity contribution in [1.82, 2.24) is 10.2 Å². The molecular weight excluding hydrogens is 266 g/mol. The van der Waals surface area contributed by atoms with Crippen molar-refractivity contribution in [2.45, 2.75) is 38.3 Å². The van der Waals surface area contributed by atoms with Crippen LogP contribution in [0.2, 0.25) is 0 Å². The Bertz CT molecular complexity index is 516. The molecule has 0 aromatic heterocycles. The molecule has 1 aromatic carbocycles. The SMILES string of the molecule is CC(NCC1CCN(C2CC2)C1)c1cccc([N+](=O)[O-])c1. The number of hydrogen-bond donors (Lipinski definition) is 1. The predicted molar refractivity (Wildman–Crippen MR) is 82.2 cm³/mol. The Kier molecular flexibility index (Phi) is 4.22. The van der Waals surface area contributed by atoms with E-state index in [1.54, 1.807) is 18.2 Å². The first-order valence-electron chi connectivity index (χ1n) is 7.85. The van der Waals surface area contributed by atoms with E-state index in [0.29, 0.717) is 5.92 Å². The average molecular weight is 289 g/mol. The summed E-state index contributed by atoms with van der Waals surface area (Å²) in [6, 6.07) is 7.94. The topological polar surface area (TPSA) is 58.4 Å². The van der Waals surface area contributed by atoms with Crippen LogP contribution in [-0.2, 0) is 0 Å². The van der Waals surface area contributed by atoms with Gasteiger partial charge in [-0.2, -0.15) is 0 Å². The van der Waals surface area contributed by atoms with E-state index in [1.807, 2.05) is 6.07 Å². The number of hydrogen-bond acceptors (Lipinski definition) is 4. The average Bonchev–Trinajstić information content (AvgIpc) is 3.24. The van der Waals surface area contributed by atoms with E-state index >= 15 is 0 Å². The van der Waals surface area contributed by atoms with Gasteiger partial charge in [-0.25, -0.2) is 0 Å². The summed E-state index contributed by atoms with van der Waals surface area (Å²) in [5.74, 6) is 0.715. The van der Waals surface area contributed by atoms with E-state index in [-0.39, 0.29) is 16.7 Å². The largest absolute Gasteiger partial charge is 0.310 e. The van der Waals surface area contributed by atoms with Crippen LogP contribution in [-0.4, -0.2) is 35.5 Å². The third-order valence-electron chi connectivity index (χ3n) is 4.67. The molecule has 5 heteroatoms. The lowest BCUT2D eigenvalue weighted by Crippen LogP contribution is -2.29. The van der Waals surface area contributed by atoms with E-state index in [9.17, 15) is 10.1 Å². The molecule has 2 atom stereocenters. The van der Waals surface area contributed by atoms with Crippen molar-refractivity contribution in [2.24, 2.45) is 5.92 Å². The van der Waals surface area contributed by atoms with Gasteiger partial charge in [0.05, 0.1) is 4.92 Å². The molecule has 1 saturated carbocycles. The standard InChI is InChI=1S/C16H23N3O2/c1-12(14-3-2-4-16(9-14)19(20)21)17-10-13-7-8-18(11-13)15-5-6-15/h2-4,9,12-13,15,17H,5-8,10-11H2,1H3. The second kappa shape index (κ2) is 6.12. The van der Waals surface area contributed by atoms with E-state index in [2.05, 4.69) is 17.1 Å². The highest BCUT2D eigenvalue weighted by Gasteiger charge is 2.34. The molecule has 1 heterocycles. The quantitative estimate of drug-likeness (QED) is 0.646. The molecule has 0 amide bonds. The molecule has 0 spiro atoms. The maximum Gasteiger partial charge on any atom is 0.269 e. The minimum absolute atomic E-state index is 0.153. The number of nitrogens with one attached hydrogen (secondary N) is 1. The van der Waals surface area contributed by atoms with Crippen LogP contribution in [0, 0.1) is 16.0 Å². The molecule has 1 N–H and O–H groups in total. The van der Waals surface area contributed by atoms with Crippen molar-refractivity contribution in [3.05, 3.63) is 39.9 Å². The number of non-ortho nitro benzene ring substituents is 1. The molecule has 1 saturated heterocycles. The molecule has 0 radical (unpaired) electrons. The zero-order chi connectivity index (χ0) is 14.8. The van der Waals surface area contributed by atoms with Crippen molar-refractivity contribution in [3.8, 4) is 0 Å². The molecule has 21 heavy (non-hydrogen) atoms. The Balaban J connectivity index is 1.50.